The van der Waals surface area contributed by atoms with Crippen molar-refractivity contribution >= 4 is 17.6 Å². The summed E-state index contributed by atoms with van der Waals surface area (Å²) >= 11 is 0. The Balaban J connectivity index is 1.56. The zero-order valence-electron chi connectivity index (χ0n) is 14.6. The second-order valence-corrected chi connectivity index (χ2v) is 6.91. The maximum atomic E-state index is 14.0. The van der Waals surface area contributed by atoms with E-state index in [1.807, 2.05) is 13.0 Å². The van der Waals surface area contributed by atoms with Crippen molar-refractivity contribution in [2.75, 3.05) is 26.1 Å². The molecular formula is C18H23FN2O4. The molecule has 0 spiro atoms. The molecule has 1 fully saturated rings. The van der Waals surface area contributed by atoms with Gasteiger partial charge in [0.25, 0.3) is 0 Å². The van der Waals surface area contributed by atoms with Crippen molar-refractivity contribution in [1.82, 2.24) is 5.32 Å². The number of methoxy groups -OCH3 is 2. The first-order chi connectivity index (χ1) is 11.9. The van der Waals surface area contributed by atoms with Crippen LogP contribution < -0.4 is 10.6 Å². The zero-order valence-corrected chi connectivity index (χ0v) is 14.6. The van der Waals surface area contributed by atoms with E-state index >= 15 is 0 Å². The zero-order chi connectivity index (χ0) is 18.2. The van der Waals surface area contributed by atoms with E-state index in [1.54, 1.807) is 7.11 Å². The molecule has 0 saturated heterocycles. The highest BCUT2D eigenvalue weighted by Crippen LogP contribution is 2.40. The Hall–Kier alpha value is -2.15. The molecule has 1 aliphatic heterocycles. The van der Waals surface area contributed by atoms with Gasteiger partial charge in [-0.15, -0.1) is 0 Å². The molecule has 136 valence electrons. The standard InChI is InChI=1S/C18H23FN2O4/c1-10-4-13(19)12-6-15(21-14(12)5-10)16(22)20-9-18(25-3)7-11(8-18)17(23)24-2/h4-5,11,15,21H,6-9H2,1-3H3,(H,20,22). The van der Waals surface area contributed by atoms with Gasteiger partial charge in [0.2, 0.25) is 5.91 Å². The van der Waals surface area contributed by atoms with Gasteiger partial charge in [0.1, 0.15) is 11.9 Å². The average Bonchev–Trinajstić information content (AvgIpc) is 2.97. The van der Waals surface area contributed by atoms with E-state index in [0.29, 0.717) is 37.1 Å². The number of halogens is 1. The molecule has 2 aliphatic rings. The van der Waals surface area contributed by atoms with Gasteiger partial charge in [-0.2, -0.15) is 0 Å². The molecule has 6 nitrogen and oxygen atoms in total. The average molecular weight is 350 g/mol. The molecular weight excluding hydrogens is 327 g/mol. The maximum absolute atomic E-state index is 14.0. The van der Waals surface area contributed by atoms with Gasteiger partial charge in [0, 0.05) is 31.3 Å². The highest BCUT2D eigenvalue weighted by molar-refractivity contribution is 5.87. The summed E-state index contributed by atoms with van der Waals surface area (Å²) in [5.74, 6) is -0.928. The first kappa shape index (κ1) is 17.7. The largest absolute Gasteiger partial charge is 0.469 e. The molecule has 25 heavy (non-hydrogen) atoms. The number of fused-ring (bicyclic) bond motifs is 1. The second kappa shape index (κ2) is 6.63. The third-order valence-electron chi connectivity index (χ3n) is 5.18. The molecule has 1 aromatic rings. The van der Waals surface area contributed by atoms with E-state index in [0.717, 1.165) is 5.56 Å². The summed E-state index contributed by atoms with van der Waals surface area (Å²) in [7, 11) is 2.93. The third kappa shape index (κ3) is 3.33. The van der Waals surface area contributed by atoms with Crippen molar-refractivity contribution in [3.05, 3.63) is 29.1 Å². The molecule has 2 N–H and O–H groups in total. The monoisotopic (exact) mass is 350 g/mol. The number of rotatable bonds is 5. The molecule has 7 heteroatoms. The number of hydrogen-bond acceptors (Lipinski definition) is 5. The maximum Gasteiger partial charge on any atom is 0.308 e. The number of benzene rings is 1. The number of anilines is 1. The lowest BCUT2D eigenvalue weighted by Crippen LogP contribution is -2.56. The molecule has 1 unspecified atom stereocenters. The Morgan fingerprint density at radius 2 is 2.08 bits per heavy atom. The van der Waals surface area contributed by atoms with Gasteiger partial charge in [-0.25, -0.2) is 4.39 Å². The molecule has 1 atom stereocenters. The second-order valence-electron chi connectivity index (χ2n) is 6.91. The fourth-order valence-electron chi connectivity index (χ4n) is 3.64. The normalized spacial score (nSPS) is 27.0. The van der Waals surface area contributed by atoms with Crippen molar-refractivity contribution in [1.29, 1.82) is 0 Å². The van der Waals surface area contributed by atoms with Gasteiger partial charge in [-0.1, -0.05) is 0 Å². The number of nitrogens with one attached hydrogen (secondary N) is 2. The summed E-state index contributed by atoms with van der Waals surface area (Å²) in [6.45, 7) is 2.13. The quantitative estimate of drug-likeness (QED) is 0.788. The number of ether oxygens (including phenoxy) is 2. The lowest BCUT2D eigenvalue weighted by molar-refractivity contribution is -0.165. The van der Waals surface area contributed by atoms with Gasteiger partial charge in [-0.05, 0) is 37.5 Å². The van der Waals surface area contributed by atoms with Crippen LogP contribution >= 0.6 is 0 Å². The molecule has 0 aromatic heterocycles. The molecule has 1 heterocycles. The topological polar surface area (TPSA) is 76.7 Å². The van der Waals surface area contributed by atoms with Gasteiger partial charge in [-0.3, -0.25) is 9.59 Å². The van der Waals surface area contributed by atoms with Crippen LogP contribution in [0.2, 0.25) is 0 Å². The Morgan fingerprint density at radius 3 is 2.72 bits per heavy atom. The summed E-state index contributed by atoms with van der Waals surface area (Å²) in [5, 5.41) is 5.94. The number of carbonyl (C=O) groups excluding carboxylic acids is 2. The van der Waals surface area contributed by atoms with Gasteiger partial charge in [0.05, 0.1) is 18.6 Å². The molecule has 0 bridgehead atoms. The molecule has 3 rings (SSSR count). The predicted octanol–water partition coefficient (Wildman–Crippen LogP) is 1.56. The van der Waals surface area contributed by atoms with Crippen molar-refractivity contribution in [2.24, 2.45) is 5.92 Å². The van der Waals surface area contributed by atoms with Gasteiger partial charge >= 0.3 is 5.97 Å². The smallest absolute Gasteiger partial charge is 0.308 e. The van der Waals surface area contributed by atoms with Crippen LogP contribution in [0.4, 0.5) is 10.1 Å². The number of amides is 1. The van der Waals surface area contributed by atoms with Gasteiger partial charge < -0.3 is 20.1 Å². The van der Waals surface area contributed by atoms with Gasteiger partial charge in [0.15, 0.2) is 0 Å². The number of hydrogen-bond donors (Lipinski definition) is 2. The van der Waals surface area contributed by atoms with Crippen molar-refractivity contribution in [3.63, 3.8) is 0 Å². The van der Waals surface area contributed by atoms with E-state index < -0.39 is 11.6 Å². The van der Waals surface area contributed by atoms with Crippen LogP contribution in [-0.4, -0.2) is 44.3 Å². The summed E-state index contributed by atoms with van der Waals surface area (Å²) < 4.78 is 24.2. The fourth-order valence-corrected chi connectivity index (χ4v) is 3.64. The Kier molecular flexibility index (Phi) is 4.69. The first-order valence-electron chi connectivity index (χ1n) is 8.34. The fraction of sp³-hybridized carbons (Fsp3) is 0.556. The number of aryl methyl sites for hydroxylation is 1. The van der Waals surface area contributed by atoms with Crippen LogP contribution in [0.1, 0.15) is 24.0 Å². The van der Waals surface area contributed by atoms with E-state index in [2.05, 4.69) is 10.6 Å². The van der Waals surface area contributed by atoms with E-state index in [4.69, 9.17) is 9.47 Å². The lowest BCUT2D eigenvalue weighted by Gasteiger charge is -2.45. The molecule has 1 aromatic carbocycles. The molecule has 0 radical (unpaired) electrons. The SMILES string of the molecule is COC(=O)C1CC(CNC(=O)C2Cc3c(F)cc(C)cc3N2)(OC)C1. The van der Waals surface area contributed by atoms with Crippen LogP contribution in [0.5, 0.6) is 0 Å². The van der Waals surface area contributed by atoms with Crippen LogP contribution in [0.15, 0.2) is 12.1 Å². The van der Waals surface area contributed by atoms with Crippen molar-refractivity contribution in [3.8, 4) is 0 Å². The van der Waals surface area contributed by atoms with E-state index in [-0.39, 0.29) is 23.6 Å². The highest BCUT2D eigenvalue weighted by Gasteiger charge is 2.48. The third-order valence-corrected chi connectivity index (χ3v) is 5.18. The predicted molar refractivity (Wildman–Crippen MR) is 89.7 cm³/mol. The molecule has 1 amide bonds. The first-order valence-corrected chi connectivity index (χ1v) is 8.34. The Bertz CT molecular complexity index is 701. The highest BCUT2D eigenvalue weighted by atomic mass is 19.1. The number of carbonyl (C=O) groups is 2. The minimum Gasteiger partial charge on any atom is -0.469 e. The minimum absolute atomic E-state index is 0.187. The number of esters is 1. The summed E-state index contributed by atoms with van der Waals surface area (Å²) in [5.41, 5.74) is 1.49. The molecule has 1 saturated carbocycles. The summed E-state index contributed by atoms with van der Waals surface area (Å²) in [4.78, 5) is 24.0. The lowest BCUT2D eigenvalue weighted by atomic mass is 9.70. The Labute approximate surface area is 146 Å². The van der Waals surface area contributed by atoms with E-state index in [9.17, 15) is 14.0 Å². The summed E-state index contributed by atoms with van der Waals surface area (Å²) in [6, 6.07) is 2.81. The van der Waals surface area contributed by atoms with Crippen molar-refractivity contribution in [2.45, 2.75) is 37.8 Å². The molecule has 1 aliphatic carbocycles. The Morgan fingerprint density at radius 1 is 1.36 bits per heavy atom. The minimum atomic E-state index is -0.540. The summed E-state index contributed by atoms with van der Waals surface area (Å²) in [6.07, 6.45) is 1.35. The van der Waals surface area contributed by atoms with Crippen LogP contribution in [0.3, 0.4) is 0 Å². The van der Waals surface area contributed by atoms with Crippen molar-refractivity contribution < 1.29 is 23.5 Å². The van der Waals surface area contributed by atoms with E-state index in [1.165, 1.54) is 13.2 Å². The van der Waals surface area contributed by atoms with Crippen LogP contribution in [0, 0.1) is 18.7 Å². The van der Waals surface area contributed by atoms with Crippen LogP contribution in [0.25, 0.3) is 0 Å². The van der Waals surface area contributed by atoms with Crippen LogP contribution in [-0.2, 0) is 25.5 Å².